The second-order valence-corrected chi connectivity index (χ2v) is 1.32. The number of hydrogen-bond acceptors (Lipinski definition) is 2. The molecule has 0 N–H and O–H groups in total. The van der Waals surface area contributed by atoms with E-state index in [0.29, 0.717) is 11.8 Å². The summed E-state index contributed by atoms with van der Waals surface area (Å²) in [6, 6.07) is 3.35. The van der Waals surface area contributed by atoms with E-state index in [9.17, 15) is 4.79 Å². The molecule has 1 aromatic heterocycles. The van der Waals surface area contributed by atoms with Gasteiger partial charge in [0.2, 0.25) is 0 Å². The summed E-state index contributed by atoms with van der Waals surface area (Å²) in [4.78, 5) is 13.5. The number of aromatic nitrogens is 1. The van der Waals surface area contributed by atoms with Crippen LogP contribution >= 0.6 is 0 Å². The molecule has 0 aliphatic carbocycles. The number of carbonyl (C=O) groups is 1. The summed E-state index contributed by atoms with van der Waals surface area (Å²) < 4.78 is 0. The van der Waals surface area contributed by atoms with Crippen LogP contribution in [0.3, 0.4) is 0 Å². The summed E-state index contributed by atoms with van der Waals surface area (Å²) in [5, 5.41) is 0. The summed E-state index contributed by atoms with van der Waals surface area (Å²) in [7, 11) is 0. The zero-order valence-electron chi connectivity index (χ0n) is 5.74. The van der Waals surface area contributed by atoms with Gasteiger partial charge in [-0.2, -0.15) is 0 Å². The maximum atomic E-state index is 9.94. The van der Waals surface area contributed by atoms with Gasteiger partial charge in [0.05, 0.1) is 6.29 Å². The first-order chi connectivity index (χ1) is 3.93. The molecule has 0 atom stereocenters. The van der Waals surface area contributed by atoms with Crippen molar-refractivity contribution in [2.75, 3.05) is 0 Å². The van der Waals surface area contributed by atoms with Crippen LogP contribution in [0.25, 0.3) is 0 Å². The fourth-order valence-electron chi connectivity index (χ4n) is 0.404. The van der Waals surface area contributed by atoms with Crippen molar-refractivity contribution in [3.8, 4) is 0 Å². The zero-order valence-corrected chi connectivity index (χ0v) is 8.58. The maximum absolute atomic E-state index is 9.94. The van der Waals surface area contributed by atoms with E-state index in [0.717, 1.165) is 0 Å². The molecule has 10 heavy (non-hydrogen) atoms. The summed E-state index contributed by atoms with van der Waals surface area (Å²) >= 11 is 0. The van der Waals surface area contributed by atoms with Gasteiger partial charge in [-0.25, -0.2) is 0 Å². The van der Waals surface area contributed by atoms with Crippen molar-refractivity contribution in [1.29, 1.82) is 0 Å². The Morgan fingerprint density at radius 3 is 2.60 bits per heavy atom. The van der Waals surface area contributed by atoms with Crippen LogP contribution in [-0.4, -0.2) is 11.3 Å². The average molecular weight is 210 g/mol. The Kier molecular flexibility index (Phi) is 8.86. The average Bonchev–Trinajstić information content (AvgIpc) is 1.90. The van der Waals surface area contributed by atoms with Gasteiger partial charge in [-0.3, -0.25) is 0 Å². The Morgan fingerprint density at radius 1 is 1.60 bits per heavy atom. The Bertz CT molecular complexity index is 176. The number of aldehydes is 1. The number of nitrogens with zero attached hydrogens (tertiary/aromatic N) is 1. The normalized spacial score (nSPS) is 6.80. The molecule has 0 aliphatic heterocycles. The Hall–Kier alpha value is -0.0761. The van der Waals surface area contributed by atoms with Gasteiger partial charge in [0.15, 0.2) is 0 Å². The Labute approximate surface area is 85.9 Å². The zero-order chi connectivity index (χ0) is 5.82. The minimum Gasteiger partial charge on any atom is -0.360 e. The van der Waals surface area contributed by atoms with E-state index in [-0.39, 0.29) is 40.1 Å². The smallest absolute Gasteiger partial charge is 0.0670 e. The van der Waals surface area contributed by atoms with Crippen LogP contribution in [0.4, 0.5) is 0 Å². The minimum absolute atomic E-state index is 0. The third kappa shape index (κ3) is 3.86. The van der Waals surface area contributed by atoms with Crippen LogP contribution < -0.4 is 0 Å². The molecule has 3 heteroatoms. The maximum Gasteiger partial charge on any atom is 0.0670 e. The molecule has 1 heterocycles. The predicted octanol–water partition coefficient (Wildman–Crippen LogP) is 1.14. The largest absolute Gasteiger partial charge is 0.360 e. The van der Waals surface area contributed by atoms with Crippen LogP contribution in [0.15, 0.2) is 18.3 Å². The quantitative estimate of drug-likeness (QED) is 0.513. The molecule has 0 spiro atoms. The van der Waals surface area contributed by atoms with Crippen LogP contribution in [-0.2, 0) is 32.7 Å². The monoisotopic (exact) mass is 210 g/mol. The van der Waals surface area contributed by atoms with Gasteiger partial charge in [-0.05, 0) is 6.20 Å². The topological polar surface area (TPSA) is 30.0 Å². The predicted molar refractivity (Wildman–Crippen MR) is 34.9 cm³/mol. The summed E-state index contributed by atoms with van der Waals surface area (Å²) in [5.41, 5.74) is 0.493. The Morgan fingerprint density at radius 2 is 2.30 bits per heavy atom. The van der Waals surface area contributed by atoms with Crippen molar-refractivity contribution in [2.45, 2.75) is 0 Å². The number of carbonyl (C=O) groups excluding carboxylic acids is 1. The van der Waals surface area contributed by atoms with Crippen molar-refractivity contribution in [3.05, 3.63) is 37.5 Å². The van der Waals surface area contributed by atoms with Crippen molar-refractivity contribution in [1.82, 2.24) is 4.98 Å². The molecule has 1 aromatic rings. The molecule has 0 unspecified atom stereocenters. The van der Waals surface area contributed by atoms with Crippen molar-refractivity contribution in [3.63, 3.8) is 0 Å². The molecule has 1 rings (SSSR count). The van der Waals surface area contributed by atoms with Crippen molar-refractivity contribution < 1.29 is 37.5 Å². The summed E-state index contributed by atoms with van der Waals surface area (Å²) in [6.07, 6.45) is 4.79. The molecule has 0 saturated heterocycles. The van der Waals surface area contributed by atoms with Crippen LogP contribution in [0.1, 0.15) is 10.4 Å². The fraction of sp³-hybridized carbons (Fsp3) is 0. The van der Waals surface area contributed by atoms with Crippen LogP contribution in [0.5, 0.6) is 0 Å². The van der Waals surface area contributed by atoms with E-state index in [1.807, 2.05) is 0 Å². The standard InChI is InChI=1S/C6H4NO.CH3.Y/c8-5-6-2-1-3-7-4-6;;/h1-3,5H;1H3;/q2*-1;. The van der Waals surface area contributed by atoms with Crippen LogP contribution in [0, 0.1) is 13.6 Å². The first-order valence-electron chi connectivity index (χ1n) is 2.21. The van der Waals surface area contributed by atoms with Gasteiger partial charge in [0.25, 0.3) is 0 Å². The third-order valence-electron chi connectivity index (χ3n) is 0.757. The molecule has 2 nitrogen and oxygen atoms in total. The second-order valence-electron chi connectivity index (χ2n) is 1.32. The van der Waals surface area contributed by atoms with E-state index in [2.05, 4.69) is 11.2 Å². The molecular weight excluding hydrogens is 203 g/mol. The fourth-order valence-corrected chi connectivity index (χ4v) is 0.404. The molecule has 0 amide bonds. The molecule has 0 saturated carbocycles. The van der Waals surface area contributed by atoms with Gasteiger partial charge < -0.3 is 17.2 Å². The van der Waals surface area contributed by atoms with Gasteiger partial charge >= 0.3 is 0 Å². The molecule has 51 valence electrons. The van der Waals surface area contributed by atoms with Gasteiger partial charge in [-0.15, -0.1) is 12.1 Å². The van der Waals surface area contributed by atoms with E-state index >= 15 is 0 Å². The van der Waals surface area contributed by atoms with Gasteiger partial charge in [-0.1, -0.05) is 11.8 Å². The van der Waals surface area contributed by atoms with E-state index < -0.39 is 0 Å². The molecule has 0 bridgehead atoms. The summed E-state index contributed by atoms with van der Waals surface area (Å²) in [6.45, 7) is 0. The summed E-state index contributed by atoms with van der Waals surface area (Å²) in [5.74, 6) is 0. The third-order valence-corrected chi connectivity index (χ3v) is 0.757. The van der Waals surface area contributed by atoms with Gasteiger partial charge in [0, 0.05) is 32.7 Å². The van der Waals surface area contributed by atoms with Crippen molar-refractivity contribution in [2.24, 2.45) is 0 Å². The number of hydrogen-bond donors (Lipinski definition) is 0. The SMILES string of the molecule is O=Cc1[c-]nccc1.[CH3-].[Y]. The molecule has 0 fully saturated rings. The van der Waals surface area contributed by atoms with Gasteiger partial charge in [0.1, 0.15) is 0 Å². The molecule has 0 aliphatic rings. The van der Waals surface area contributed by atoms with Crippen molar-refractivity contribution >= 4 is 6.29 Å². The van der Waals surface area contributed by atoms with E-state index in [1.165, 1.54) is 0 Å². The van der Waals surface area contributed by atoms with E-state index in [1.54, 1.807) is 18.3 Å². The molecule has 0 aromatic carbocycles. The first kappa shape index (κ1) is 12.6. The number of rotatable bonds is 1. The van der Waals surface area contributed by atoms with Crippen LogP contribution in [0.2, 0.25) is 0 Å². The number of pyridine rings is 1. The first-order valence-corrected chi connectivity index (χ1v) is 2.21. The molecule has 1 radical (unpaired) electrons. The second kappa shape index (κ2) is 7.04. The Balaban J connectivity index is 0. The van der Waals surface area contributed by atoms with E-state index in [4.69, 9.17) is 0 Å². The molecular formula is C7H7NOY-2. The minimum atomic E-state index is 0.